The highest BCUT2D eigenvalue weighted by Gasteiger charge is 2.23. The number of amides is 2. The van der Waals surface area contributed by atoms with E-state index in [0.29, 0.717) is 25.3 Å². The summed E-state index contributed by atoms with van der Waals surface area (Å²) in [6, 6.07) is -0.0719. The van der Waals surface area contributed by atoms with E-state index in [9.17, 15) is 9.59 Å². The van der Waals surface area contributed by atoms with Crippen LogP contribution in [0.2, 0.25) is 0 Å². The Hall–Kier alpha value is -1.10. The number of rotatable bonds is 5. The van der Waals surface area contributed by atoms with Crippen LogP contribution in [0.1, 0.15) is 32.6 Å². The molecule has 0 saturated carbocycles. The van der Waals surface area contributed by atoms with Crippen molar-refractivity contribution in [3.05, 3.63) is 0 Å². The Bertz CT molecular complexity index is 256. The van der Waals surface area contributed by atoms with E-state index in [1.54, 1.807) is 0 Å². The van der Waals surface area contributed by atoms with Crippen molar-refractivity contribution in [2.75, 3.05) is 13.1 Å². The maximum Gasteiger partial charge on any atom is 0.237 e. The molecule has 2 unspecified atom stereocenters. The van der Waals surface area contributed by atoms with Crippen LogP contribution in [0.15, 0.2) is 0 Å². The molecule has 0 spiro atoms. The second-order valence-electron chi connectivity index (χ2n) is 4.50. The third-order valence-electron chi connectivity index (χ3n) is 2.88. The molecule has 1 aliphatic rings. The lowest BCUT2D eigenvalue weighted by atomic mass is 9.94. The fourth-order valence-electron chi connectivity index (χ4n) is 1.90. The average Bonchev–Trinajstić information content (AvgIpc) is 2.24. The van der Waals surface area contributed by atoms with Crippen molar-refractivity contribution in [3.8, 4) is 0 Å². The Balaban J connectivity index is 2.16. The molecule has 2 amide bonds. The van der Waals surface area contributed by atoms with Crippen molar-refractivity contribution in [3.63, 3.8) is 0 Å². The zero-order valence-corrected chi connectivity index (χ0v) is 9.79. The molecule has 0 aromatic carbocycles. The molecule has 1 heterocycles. The van der Waals surface area contributed by atoms with E-state index >= 15 is 0 Å². The molecule has 1 saturated heterocycles. The van der Waals surface area contributed by atoms with E-state index in [0.717, 1.165) is 19.4 Å². The number of hydrogen-bond acceptors (Lipinski definition) is 3. The Labute approximate surface area is 96.1 Å². The summed E-state index contributed by atoms with van der Waals surface area (Å²) >= 11 is 0. The van der Waals surface area contributed by atoms with Gasteiger partial charge < -0.3 is 16.4 Å². The first-order chi connectivity index (χ1) is 7.59. The number of piperidine rings is 1. The molecule has 2 atom stereocenters. The standard InChI is InChI=1S/C11H21N3O2/c1-8-4-6-13-9(7-8)11(16)14-5-2-3-10(12)15/h8-9,13H,2-7H2,1H3,(H2,12,15)(H,14,16). The molecule has 1 rings (SSSR count). The second-order valence-corrected chi connectivity index (χ2v) is 4.50. The first kappa shape index (κ1) is 13.0. The van der Waals surface area contributed by atoms with Gasteiger partial charge >= 0.3 is 0 Å². The molecule has 5 nitrogen and oxygen atoms in total. The SMILES string of the molecule is CC1CCNC(C(=O)NCCCC(N)=O)C1. The summed E-state index contributed by atoms with van der Waals surface area (Å²) in [4.78, 5) is 22.2. The zero-order chi connectivity index (χ0) is 12.0. The molecule has 0 aromatic rings. The van der Waals surface area contributed by atoms with Gasteiger partial charge in [-0.15, -0.1) is 0 Å². The normalized spacial score (nSPS) is 25.1. The summed E-state index contributed by atoms with van der Waals surface area (Å²) in [5, 5.41) is 6.01. The van der Waals surface area contributed by atoms with E-state index < -0.39 is 0 Å². The van der Waals surface area contributed by atoms with E-state index in [4.69, 9.17) is 5.73 Å². The van der Waals surface area contributed by atoms with Crippen LogP contribution in [0.4, 0.5) is 0 Å². The predicted molar refractivity (Wildman–Crippen MR) is 61.6 cm³/mol. The molecular weight excluding hydrogens is 206 g/mol. The topological polar surface area (TPSA) is 84.2 Å². The summed E-state index contributed by atoms with van der Waals surface area (Å²) in [6.45, 7) is 3.59. The van der Waals surface area contributed by atoms with Gasteiger partial charge in [0.15, 0.2) is 0 Å². The molecule has 1 fully saturated rings. The maximum atomic E-state index is 11.7. The number of hydrogen-bond donors (Lipinski definition) is 3. The Morgan fingerprint density at radius 1 is 1.50 bits per heavy atom. The van der Waals surface area contributed by atoms with Crippen LogP contribution in [0.3, 0.4) is 0 Å². The van der Waals surface area contributed by atoms with Crippen LogP contribution >= 0.6 is 0 Å². The quantitative estimate of drug-likeness (QED) is 0.567. The van der Waals surface area contributed by atoms with Crippen molar-refractivity contribution >= 4 is 11.8 Å². The largest absolute Gasteiger partial charge is 0.370 e. The molecule has 16 heavy (non-hydrogen) atoms. The van der Waals surface area contributed by atoms with E-state index in [1.165, 1.54) is 0 Å². The smallest absolute Gasteiger partial charge is 0.237 e. The lowest BCUT2D eigenvalue weighted by Gasteiger charge is -2.27. The van der Waals surface area contributed by atoms with Crippen molar-refractivity contribution in [2.45, 2.75) is 38.6 Å². The minimum absolute atomic E-state index is 0.0380. The van der Waals surface area contributed by atoms with Crippen LogP contribution in [0.25, 0.3) is 0 Å². The summed E-state index contributed by atoms with van der Waals surface area (Å²) < 4.78 is 0. The van der Waals surface area contributed by atoms with Gasteiger partial charge in [0.2, 0.25) is 11.8 Å². The van der Waals surface area contributed by atoms with Gasteiger partial charge in [0.25, 0.3) is 0 Å². The molecule has 1 aliphatic heterocycles. The molecule has 0 aromatic heterocycles. The Kier molecular flexibility index (Phi) is 5.25. The van der Waals surface area contributed by atoms with E-state index in [1.807, 2.05) is 0 Å². The Morgan fingerprint density at radius 2 is 2.25 bits per heavy atom. The maximum absolute atomic E-state index is 11.7. The van der Waals surface area contributed by atoms with E-state index in [-0.39, 0.29) is 17.9 Å². The van der Waals surface area contributed by atoms with Crippen LogP contribution in [0, 0.1) is 5.92 Å². The number of carbonyl (C=O) groups is 2. The van der Waals surface area contributed by atoms with Crippen molar-refractivity contribution in [1.29, 1.82) is 0 Å². The molecule has 0 aliphatic carbocycles. The van der Waals surface area contributed by atoms with Crippen molar-refractivity contribution in [2.24, 2.45) is 11.7 Å². The first-order valence-electron chi connectivity index (χ1n) is 5.89. The number of primary amides is 1. The third-order valence-corrected chi connectivity index (χ3v) is 2.88. The highest BCUT2D eigenvalue weighted by atomic mass is 16.2. The molecule has 0 radical (unpaired) electrons. The summed E-state index contributed by atoms with van der Waals surface area (Å²) in [7, 11) is 0. The lowest BCUT2D eigenvalue weighted by molar-refractivity contribution is -0.124. The molecule has 5 heteroatoms. The van der Waals surface area contributed by atoms with Crippen molar-refractivity contribution in [1.82, 2.24) is 10.6 Å². The van der Waals surface area contributed by atoms with Gasteiger partial charge in [-0.1, -0.05) is 6.92 Å². The van der Waals surface area contributed by atoms with Gasteiger partial charge in [0, 0.05) is 13.0 Å². The van der Waals surface area contributed by atoms with Gasteiger partial charge in [-0.05, 0) is 31.7 Å². The van der Waals surface area contributed by atoms with Crippen molar-refractivity contribution < 1.29 is 9.59 Å². The first-order valence-corrected chi connectivity index (χ1v) is 5.89. The fraction of sp³-hybridized carbons (Fsp3) is 0.818. The predicted octanol–water partition coefficient (Wildman–Crippen LogP) is -0.244. The fourth-order valence-corrected chi connectivity index (χ4v) is 1.90. The number of nitrogens with one attached hydrogen (secondary N) is 2. The third kappa shape index (κ3) is 4.61. The van der Waals surface area contributed by atoms with Gasteiger partial charge in [-0.3, -0.25) is 9.59 Å². The van der Waals surface area contributed by atoms with Gasteiger partial charge in [0.1, 0.15) is 0 Å². The van der Waals surface area contributed by atoms with Crippen LogP contribution in [-0.2, 0) is 9.59 Å². The van der Waals surface area contributed by atoms with Crippen LogP contribution in [-0.4, -0.2) is 30.9 Å². The van der Waals surface area contributed by atoms with Gasteiger partial charge in [0.05, 0.1) is 6.04 Å². The molecule has 4 N–H and O–H groups in total. The lowest BCUT2D eigenvalue weighted by Crippen LogP contribution is -2.48. The summed E-state index contributed by atoms with van der Waals surface area (Å²) in [5.41, 5.74) is 5.01. The minimum atomic E-state index is -0.321. The minimum Gasteiger partial charge on any atom is -0.370 e. The van der Waals surface area contributed by atoms with Crippen LogP contribution in [0.5, 0.6) is 0 Å². The zero-order valence-electron chi connectivity index (χ0n) is 9.79. The molecule has 92 valence electrons. The number of carbonyl (C=O) groups excluding carboxylic acids is 2. The van der Waals surface area contributed by atoms with Crippen LogP contribution < -0.4 is 16.4 Å². The number of nitrogens with two attached hydrogens (primary N) is 1. The Morgan fingerprint density at radius 3 is 2.88 bits per heavy atom. The van der Waals surface area contributed by atoms with Gasteiger partial charge in [-0.2, -0.15) is 0 Å². The summed E-state index contributed by atoms with van der Waals surface area (Å²) in [5.74, 6) is 0.317. The van der Waals surface area contributed by atoms with Gasteiger partial charge in [-0.25, -0.2) is 0 Å². The second kappa shape index (κ2) is 6.48. The molecule has 0 bridgehead atoms. The average molecular weight is 227 g/mol. The van der Waals surface area contributed by atoms with E-state index in [2.05, 4.69) is 17.6 Å². The molecular formula is C11H21N3O2. The highest BCUT2D eigenvalue weighted by molar-refractivity contribution is 5.81. The monoisotopic (exact) mass is 227 g/mol. The highest BCUT2D eigenvalue weighted by Crippen LogP contribution is 2.14. The summed E-state index contributed by atoms with van der Waals surface area (Å²) in [6.07, 6.45) is 2.96.